The minimum atomic E-state index is -3.46. The third-order valence-electron chi connectivity index (χ3n) is 2.70. The molecule has 0 spiro atoms. The summed E-state index contributed by atoms with van der Waals surface area (Å²) in [7, 11) is -3.46. The molecule has 7 heteroatoms. The van der Waals surface area contributed by atoms with Crippen LogP contribution in [0.4, 0.5) is 0 Å². The maximum atomic E-state index is 12.2. The number of sulfonamides is 1. The van der Waals surface area contributed by atoms with Crippen molar-refractivity contribution in [1.29, 1.82) is 0 Å². The van der Waals surface area contributed by atoms with Crippen LogP contribution < -0.4 is 10.0 Å². The van der Waals surface area contributed by atoms with Gasteiger partial charge in [0.05, 0.1) is 5.60 Å². The van der Waals surface area contributed by atoms with Crippen molar-refractivity contribution in [3.8, 4) is 0 Å². The molecule has 0 unspecified atom stereocenters. The smallest absolute Gasteiger partial charge is 0.250 e. The van der Waals surface area contributed by atoms with E-state index in [0.717, 1.165) is 12.1 Å². The monoisotopic (exact) mass is 320 g/mol. The molecule has 0 fully saturated rings. The molecule has 0 amide bonds. The van der Waals surface area contributed by atoms with E-state index in [1.165, 1.54) is 11.3 Å². The summed E-state index contributed by atoms with van der Waals surface area (Å²) in [6, 6.07) is 1.71. The Balaban J connectivity index is 2.66. The molecule has 2 N–H and O–H groups in total. The Morgan fingerprint density at radius 2 is 2.05 bits per heavy atom. The molecule has 1 rings (SSSR count). The molecule has 0 saturated heterocycles. The van der Waals surface area contributed by atoms with Gasteiger partial charge in [-0.25, -0.2) is 13.1 Å². The molecule has 0 aliphatic heterocycles. The summed E-state index contributed by atoms with van der Waals surface area (Å²) in [5, 5.41) is 5.04. The Bertz CT molecular complexity index is 509. The third kappa shape index (κ3) is 5.49. The van der Waals surface area contributed by atoms with Crippen LogP contribution in [0.3, 0.4) is 0 Å². The summed E-state index contributed by atoms with van der Waals surface area (Å²) < 4.78 is 32.8. The van der Waals surface area contributed by atoms with Gasteiger partial charge in [0.15, 0.2) is 0 Å². The minimum absolute atomic E-state index is 0.254. The topological polar surface area (TPSA) is 67.4 Å². The zero-order valence-corrected chi connectivity index (χ0v) is 14.2. The van der Waals surface area contributed by atoms with Gasteiger partial charge in [0.25, 0.3) is 0 Å². The summed E-state index contributed by atoms with van der Waals surface area (Å²) in [5.74, 6) is 0. The van der Waals surface area contributed by atoms with Crippen molar-refractivity contribution in [2.75, 3.05) is 19.7 Å². The average Bonchev–Trinajstić information content (AvgIpc) is 2.84. The Hall–Kier alpha value is -0.470. The molecule has 0 saturated carbocycles. The van der Waals surface area contributed by atoms with Crippen molar-refractivity contribution in [2.24, 2.45) is 0 Å². The van der Waals surface area contributed by atoms with E-state index >= 15 is 0 Å². The van der Waals surface area contributed by atoms with E-state index in [1.807, 2.05) is 33.1 Å². The summed E-state index contributed by atoms with van der Waals surface area (Å²) >= 11 is 1.24. The van der Waals surface area contributed by atoms with Crippen LogP contribution in [0.25, 0.3) is 0 Å². The fraction of sp³-hybridized carbons (Fsp3) is 0.692. The van der Waals surface area contributed by atoms with Crippen molar-refractivity contribution in [3.63, 3.8) is 0 Å². The highest BCUT2D eigenvalue weighted by Gasteiger charge is 2.23. The first kappa shape index (κ1) is 17.6. The van der Waals surface area contributed by atoms with Crippen LogP contribution in [-0.4, -0.2) is 33.7 Å². The predicted molar refractivity (Wildman–Crippen MR) is 82.6 cm³/mol. The van der Waals surface area contributed by atoms with Gasteiger partial charge < -0.3 is 10.1 Å². The van der Waals surface area contributed by atoms with Crippen LogP contribution in [0.2, 0.25) is 0 Å². The van der Waals surface area contributed by atoms with Gasteiger partial charge >= 0.3 is 0 Å². The third-order valence-corrected chi connectivity index (χ3v) is 5.59. The SMILES string of the molecule is CCNCc1csc(S(=O)(=O)NCC(C)(C)OCC)c1. The van der Waals surface area contributed by atoms with E-state index < -0.39 is 15.6 Å². The van der Waals surface area contributed by atoms with Crippen LogP contribution in [0, 0.1) is 0 Å². The lowest BCUT2D eigenvalue weighted by atomic mass is 10.1. The van der Waals surface area contributed by atoms with Crippen LogP contribution in [0.1, 0.15) is 33.3 Å². The molecule has 1 aromatic heterocycles. The number of rotatable bonds is 9. The van der Waals surface area contributed by atoms with Crippen LogP contribution >= 0.6 is 11.3 Å². The summed E-state index contributed by atoms with van der Waals surface area (Å²) in [4.78, 5) is 0. The molecule has 0 atom stereocenters. The Morgan fingerprint density at radius 3 is 2.65 bits per heavy atom. The number of ether oxygens (including phenoxy) is 1. The first-order chi connectivity index (χ1) is 9.30. The van der Waals surface area contributed by atoms with E-state index in [9.17, 15) is 8.42 Å². The molecule has 5 nitrogen and oxygen atoms in total. The largest absolute Gasteiger partial charge is 0.375 e. The summed E-state index contributed by atoms with van der Waals surface area (Å²) in [5.41, 5.74) is 0.479. The number of thiophene rings is 1. The molecule has 0 radical (unpaired) electrons. The lowest BCUT2D eigenvalue weighted by Crippen LogP contribution is -2.40. The first-order valence-electron chi connectivity index (χ1n) is 6.72. The Labute approximate surface area is 125 Å². The standard InChI is InChI=1S/C13H24N2O3S2/c1-5-14-8-11-7-12(19-9-11)20(16,17)15-10-13(3,4)18-6-2/h7,9,14-15H,5-6,8,10H2,1-4H3. The number of hydrogen-bond donors (Lipinski definition) is 2. The van der Waals surface area contributed by atoms with Crippen molar-refractivity contribution in [1.82, 2.24) is 10.0 Å². The molecule has 116 valence electrons. The number of nitrogens with one attached hydrogen (secondary N) is 2. The van der Waals surface area contributed by atoms with E-state index in [2.05, 4.69) is 10.0 Å². The fourth-order valence-corrected chi connectivity index (χ4v) is 4.09. The highest BCUT2D eigenvalue weighted by atomic mass is 32.2. The van der Waals surface area contributed by atoms with Gasteiger partial charge in [-0.1, -0.05) is 6.92 Å². The van der Waals surface area contributed by atoms with E-state index in [4.69, 9.17) is 4.74 Å². The molecular weight excluding hydrogens is 296 g/mol. The summed E-state index contributed by atoms with van der Waals surface area (Å²) in [6.07, 6.45) is 0. The minimum Gasteiger partial charge on any atom is -0.375 e. The van der Waals surface area contributed by atoms with Crippen LogP contribution in [0.5, 0.6) is 0 Å². The molecule has 0 aromatic carbocycles. The quantitative estimate of drug-likeness (QED) is 0.730. The molecule has 20 heavy (non-hydrogen) atoms. The van der Waals surface area contributed by atoms with Crippen molar-refractivity contribution < 1.29 is 13.2 Å². The van der Waals surface area contributed by atoms with Gasteiger partial charge in [-0.05, 0) is 44.3 Å². The van der Waals surface area contributed by atoms with Crippen molar-refractivity contribution in [2.45, 2.75) is 44.0 Å². The fourth-order valence-electron chi connectivity index (χ4n) is 1.64. The van der Waals surface area contributed by atoms with Gasteiger partial charge in [-0.3, -0.25) is 0 Å². The van der Waals surface area contributed by atoms with Gasteiger partial charge in [0.1, 0.15) is 4.21 Å². The zero-order chi connectivity index (χ0) is 15.2. The normalized spacial score (nSPS) is 12.8. The van der Waals surface area contributed by atoms with Crippen LogP contribution in [-0.2, 0) is 21.3 Å². The molecule has 0 bridgehead atoms. The van der Waals surface area contributed by atoms with Crippen molar-refractivity contribution >= 4 is 21.4 Å². The van der Waals surface area contributed by atoms with Gasteiger partial charge in [0, 0.05) is 19.7 Å². The van der Waals surface area contributed by atoms with Gasteiger partial charge in [0.2, 0.25) is 10.0 Å². The average molecular weight is 320 g/mol. The molecule has 0 aliphatic carbocycles. The van der Waals surface area contributed by atoms with E-state index in [1.54, 1.807) is 6.07 Å². The molecule has 0 aliphatic rings. The second-order valence-electron chi connectivity index (χ2n) is 5.07. The first-order valence-corrected chi connectivity index (χ1v) is 9.09. The Kier molecular flexibility index (Phi) is 6.60. The molecule has 1 aromatic rings. The maximum Gasteiger partial charge on any atom is 0.250 e. The second kappa shape index (κ2) is 7.51. The highest BCUT2D eigenvalue weighted by molar-refractivity contribution is 7.91. The zero-order valence-electron chi connectivity index (χ0n) is 12.5. The lowest BCUT2D eigenvalue weighted by molar-refractivity contribution is -0.00514. The predicted octanol–water partition coefficient (Wildman–Crippen LogP) is 1.95. The number of hydrogen-bond acceptors (Lipinski definition) is 5. The molecular formula is C13H24N2O3S2. The van der Waals surface area contributed by atoms with Crippen LogP contribution in [0.15, 0.2) is 15.7 Å². The maximum absolute atomic E-state index is 12.2. The van der Waals surface area contributed by atoms with E-state index in [0.29, 0.717) is 17.4 Å². The van der Waals surface area contributed by atoms with Crippen molar-refractivity contribution in [3.05, 3.63) is 17.0 Å². The molecule has 1 heterocycles. The van der Waals surface area contributed by atoms with Gasteiger partial charge in [-0.15, -0.1) is 11.3 Å². The Morgan fingerprint density at radius 1 is 1.35 bits per heavy atom. The van der Waals surface area contributed by atoms with Gasteiger partial charge in [-0.2, -0.15) is 0 Å². The van der Waals surface area contributed by atoms with E-state index in [-0.39, 0.29) is 6.54 Å². The lowest BCUT2D eigenvalue weighted by Gasteiger charge is -2.24. The second-order valence-corrected chi connectivity index (χ2v) is 7.98. The highest BCUT2D eigenvalue weighted by Crippen LogP contribution is 2.20. The summed E-state index contributed by atoms with van der Waals surface area (Å²) in [6.45, 7) is 9.99.